The second kappa shape index (κ2) is 5.75. The van der Waals surface area contributed by atoms with Gasteiger partial charge in [-0.1, -0.05) is 0 Å². The van der Waals surface area contributed by atoms with E-state index in [4.69, 9.17) is 15.2 Å². The Bertz CT molecular complexity index is 551. The summed E-state index contributed by atoms with van der Waals surface area (Å²) in [4.78, 5) is 4.33. The van der Waals surface area contributed by atoms with Gasteiger partial charge < -0.3 is 19.8 Å². The van der Waals surface area contributed by atoms with Gasteiger partial charge in [0.1, 0.15) is 17.3 Å². The molecule has 102 valence electrons. The van der Waals surface area contributed by atoms with Gasteiger partial charge in [0.2, 0.25) is 0 Å². The normalized spacial score (nSPS) is 12.2. The number of rotatable bonds is 5. The van der Waals surface area contributed by atoms with Crippen LogP contribution in [0.5, 0.6) is 11.5 Å². The second-order valence-electron chi connectivity index (χ2n) is 4.16. The largest absolute Gasteiger partial charge is 0.497 e. The van der Waals surface area contributed by atoms with Gasteiger partial charge >= 0.3 is 0 Å². The summed E-state index contributed by atoms with van der Waals surface area (Å²) in [5.41, 5.74) is 7.19. The Kier molecular flexibility index (Phi) is 4.06. The van der Waals surface area contributed by atoms with Crippen molar-refractivity contribution in [1.82, 2.24) is 9.55 Å². The Labute approximate surface area is 113 Å². The van der Waals surface area contributed by atoms with Crippen molar-refractivity contribution >= 4 is 0 Å². The van der Waals surface area contributed by atoms with Gasteiger partial charge in [0.15, 0.2) is 0 Å². The molecule has 1 heterocycles. The molecule has 19 heavy (non-hydrogen) atoms. The van der Waals surface area contributed by atoms with Crippen LogP contribution in [0.15, 0.2) is 30.6 Å². The standard InChI is InChI=1S/C14H19N3O2/c1-4-17-8-7-16-14(17)13(15)11-6-5-10(18-2)9-12(11)19-3/h5-9,13H,4,15H2,1-3H3. The predicted octanol–water partition coefficient (Wildman–Crippen LogP) is 1.97. The lowest BCUT2D eigenvalue weighted by molar-refractivity contribution is 0.389. The van der Waals surface area contributed by atoms with Crippen LogP contribution in [0.25, 0.3) is 0 Å². The Morgan fingerprint density at radius 3 is 2.74 bits per heavy atom. The number of nitrogens with zero attached hydrogens (tertiary/aromatic N) is 2. The van der Waals surface area contributed by atoms with Crippen LogP contribution in [0.2, 0.25) is 0 Å². The van der Waals surface area contributed by atoms with Gasteiger partial charge in [0, 0.05) is 30.6 Å². The third-order valence-electron chi connectivity index (χ3n) is 3.14. The fourth-order valence-electron chi connectivity index (χ4n) is 2.08. The molecule has 1 unspecified atom stereocenters. The van der Waals surface area contributed by atoms with E-state index in [0.717, 1.165) is 23.7 Å². The molecule has 2 rings (SSSR count). The first-order chi connectivity index (χ1) is 9.21. The number of methoxy groups -OCH3 is 2. The molecule has 1 aromatic heterocycles. The summed E-state index contributed by atoms with van der Waals surface area (Å²) in [5, 5.41) is 0. The monoisotopic (exact) mass is 261 g/mol. The molecule has 0 aliphatic carbocycles. The van der Waals surface area contributed by atoms with Crippen molar-refractivity contribution in [2.75, 3.05) is 14.2 Å². The first kappa shape index (κ1) is 13.4. The van der Waals surface area contributed by atoms with E-state index >= 15 is 0 Å². The maximum Gasteiger partial charge on any atom is 0.130 e. The van der Waals surface area contributed by atoms with E-state index in [2.05, 4.69) is 11.9 Å². The van der Waals surface area contributed by atoms with Crippen molar-refractivity contribution in [2.24, 2.45) is 5.73 Å². The minimum Gasteiger partial charge on any atom is -0.497 e. The van der Waals surface area contributed by atoms with Crippen LogP contribution in [0.1, 0.15) is 24.4 Å². The van der Waals surface area contributed by atoms with E-state index in [1.165, 1.54) is 0 Å². The molecule has 0 aliphatic heterocycles. The van der Waals surface area contributed by atoms with Gasteiger partial charge in [0.05, 0.1) is 20.3 Å². The number of imidazole rings is 1. The Morgan fingerprint density at radius 1 is 1.32 bits per heavy atom. The molecule has 0 saturated heterocycles. The fourth-order valence-corrected chi connectivity index (χ4v) is 2.08. The SMILES string of the molecule is CCn1ccnc1C(N)c1ccc(OC)cc1OC. The summed E-state index contributed by atoms with van der Waals surface area (Å²) in [6.07, 6.45) is 3.68. The summed E-state index contributed by atoms with van der Waals surface area (Å²) in [6, 6.07) is 5.29. The number of hydrogen-bond acceptors (Lipinski definition) is 4. The van der Waals surface area contributed by atoms with Crippen LogP contribution >= 0.6 is 0 Å². The maximum absolute atomic E-state index is 6.30. The molecular weight excluding hydrogens is 242 g/mol. The minimum absolute atomic E-state index is 0.323. The van der Waals surface area contributed by atoms with Gasteiger partial charge in [-0.05, 0) is 19.1 Å². The molecular formula is C14H19N3O2. The van der Waals surface area contributed by atoms with Gasteiger partial charge in [0.25, 0.3) is 0 Å². The van der Waals surface area contributed by atoms with Crippen molar-refractivity contribution in [1.29, 1.82) is 0 Å². The summed E-state index contributed by atoms with van der Waals surface area (Å²) in [7, 11) is 3.25. The number of hydrogen-bond donors (Lipinski definition) is 1. The topological polar surface area (TPSA) is 62.3 Å². The number of nitrogens with two attached hydrogens (primary N) is 1. The van der Waals surface area contributed by atoms with E-state index in [9.17, 15) is 0 Å². The van der Waals surface area contributed by atoms with Crippen molar-refractivity contribution in [3.05, 3.63) is 42.0 Å². The van der Waals surface area contributed by atoms with E-state index in [0.29, 0.717) is 5.75 Å². The van der Waals surface area contributed by atoms with Crippen LogP contribution in [-0.2, 0) is 6.54 Å². The van der Waals surface area contributed by atoms with Crippen molar-refractivity contribution in [2.45, 2.75) is 19.5 Å². The number of ether oxygens (including phenoxy) is 2. The van der Waals surface area contributed by atoms with E-state index < -0.39 is 0 Å². The van der Waals surface area contributed by atoms with Crippen LogP contribution in [0.3, 0.4) is 0 Å². The third kappa shape index (κ3) is 2.56. The molecule has 1 atom stereocenters. The molecule has 0 saturated carbocycles. The van der Waals surface area contributed by atoms with Crippen LogP contribution in [0.4, 0.5) is 0 Å². The molecule has 5 nitrogen and oxygen atoms in total. The number of benzene rings is 1. The molecule has 2 N–H and O–H groups in total. The Morgan fingerprint density at radius 2 is 2.11 bits per heavy atom. The number of aromatic nitrogens is 2. The van der Waals surface area contributed by atoms with E-state index in [-0.39, 0.29) is 6.04 Å². The molecule has 1 aromatic carbocycles. The minimum atomic E-state index is -0.323. The van der Waals surface area contributed by atoms with Gasteiger partial charge in [-0.25, -0.2) is 4.98 Å². The molecule has 0 fully saturated rings. The summed E-state index contributed by atoms with van der Waals surface area (Å²) < 4.78 is 12.6. The molecule has 0 aliphatic rings. The first-order valence-corrected chi connectivity index (χ1v) is 6.19. The third-order valence-corrected chi connectivity index (χ3v) is 3.14. The quantitative estimate of drug-likeness (QED) is 0.893. The van der Waals surface area contributed by atoms with E-state index in [1.807, 2.05) is 29.0 Å². The van der Waals surface area contributed by atoms with Gasteiger partial charge in [-0.2, -0.15) is 0 Å². The molecule has 5 heteroatoms. The Hall–Kier alpha value is -2.01. The fraction of sp³-hybridized carbons (Fsp3) is 0.357. The van der Waals surface area contributed by atoms with Crippen molar-refractivity contribution < 1.29 is 9.47 Å². The lowest BCUT2D eigenvalue weighted by Crippen LogP contribution is -2.18. The average molecular weight is 261 g/mol. The van der Waals surface area contributed by atoms with Crippen molar-refractivity contribution in [3.63, 3.8) is 0 Å². The lowest BCUT2D eigenvalue weighted by Gasteiger charge is -2.17. The van der Waals surface area contributed by atoms with Crippen LogP contribution in [0, 0.1) is 0 Å². The highest BCUT2D eigenvalue weighted by molar-refractivity contribution is 5.44. The summed E-state index contributed by atoms with van der Waals surface area (Å²) >= 11 is 0. The average Bonchev–Trinajstić information content (AvgIpc) is 2.94. The zero-order chi connectivity index (χ0) is 13.8. The summed E-state index contributed by atoms with van der Waals surface area (Å²) in [5.74, 6) is 2.27. The predicted molar refractivity (Wildman–Crippen MR) is 73.5 cm³/mol. The smallest absolute Gasteiger partial charge is 0.130 e. The Balaban J connectivity index is 2.41. The zero-order valence-electron chi connectivity index (χ0n) is 11.5. The maximum atomic E-state index is 6.30. The van der Waals surface area contributed by atoms with Gasteiger partial charge in [-0.3, -0.25) is 0 Å². The highest BCUT2D eigenvalue weighted by Crippen LogP contribution is 2.31. The van der Waals surface area contributed by atoms with Crippen LogP contribution < -0.4 is 15.2 Å². The second-order valence-corrected chi connectivity index (χ2v) is 4.16. The zero-order valence-corrected chi connectivity index (χ0v) is 11.5. The molecule has 0 spiro atoms. The molecule has 0 bridgehead atoms. The number of aryl methyl sites for hydroxylation is 1. The van der Waals surface area contributed by atoms with Gasteiger partial charge in [-0.15, -0.1) is 0 Å². The van der Waals surface area contributed by atoms with E-state index in [1.54, 1.807) is 20.4 Å². The molecule has 0 radical (unpaired) electrons. The first-order valence-electron chi connectivity index (χ1n) is 6.19. The van der Waals surface area contributed by atoms with Crippen molar-refractivity contribution in [3.8, 4) is 11.5 Å². The highest BCUT2D eigenvalue weighted by atomic mass is 16.5. The molecule has 2 aromatic rings. The summed E-state index contributed by atoms with van der Waals surface area (Å²) in [6.45, 7) is 2.89. The highest BCUT2D eigenvalue weighted by Gasteiger charge is 2.18. The lowest BCUT2D eigenvalue weighted by atomic mass is 10.1. The molecule has 0 amide bonds. The van der Waals surface area contributed by atoms with Crippen LogP contribution in [-0.4, -0.2) is 23.8 Å².